The van der Waals surface area contributed by atoms with Crippen LogP contribution in [0, 0.1) is 5.92 Å². The second kappa shape index (κ2) is 11.2. The number of carbonyl (C=O) groups is 2. The number of tetrazole rings is 1. The third kappa shape index (κ3) is 5.87. The van der Waals surface area contributed by atoms with Gasteiger partial charge in [-0.2, -0.15) is 4.68 Å². The molecule has 0 spiro atoms. The highest BCUT2D eigenvalue weighted by molar-refractivity contribution is 6.30. The molecule has 10 nitrogen and oxygen atoms in total. The van der Waals surface area contributed by atoms with Crippen LogP contribution in [-0.2, 0) is 9.59 Å². The SMILES string of the molecule is CC1C=CCC(NC(=O)C=Cc2cc(Cl)ccc2-n2cnnn2)c2nc(c[nH]2)-c2ccccc2NC(=O)C1. The average Bonchev–Trinajstić information content (AvgIpc) is 3.60. The van der Waals surface area contributed by atoms with Gasteiger partial charge in [0, 0.05) is 34.8 Å². The molecule has 2 aromatic carbocycles. The summed E-state index contributed by atoms with van der Waals surface area (Å²) < 4.78 is 1.50. The Balaban J connectivity index is 1.41. The second-order valence-corrected chi connectivity index (χ2v) is 9.40. The molecule has 192 valence electrons. The first-order valence-electron chi connectivity index (χ1n) is 12.1. The summed E-state index contributed by atoms with van der Waals surface area (Å²) in [6, 6.07) is 12.3. The quantitative estimate of drug-likeness (QED) is 0.264. The highest BCUT2D eigenvalue weighted by Gasteiger charge is 2.19. The van der Waals surface area contributed by atoms with E-state index < -0.39 is 6.04 Å². The van der Waals surface area contributed by atoms with Crippen molar-refractivity contribution < 1.29 is 9.59 Å². The van der Waals surface area contributed by atoms with Crippen LogP contribution in [0.4, 0.5) is 5.69 Å². The number of rotatable bonds is 4. The number of fused-ring (bicyclic) bond motifs is 4. The summed E-state index contributed by atoms with van der Waals surface area (Å²) in [6.45, 7) is 1.98. The fourth-order valence-electron chi connectivity index (χ4n) is 4.24. The minimum atomic E-state index is -0.417. The Labute approximate surface area is 223 Å². The van der Waals surface area contributed by atoms with E-state index >= 15 is 0 Å². The van der Waals surface area contributed by atoms with Gasteiger partial charge >= 0.3 is 0 Å². The number of H-pyrrole nitrogens is 1. The van der Waals surface area contributed by atoms with Crippen LogP contribution in [0.3, 0.4) is 0 Å². The monoisotopic (exact) mass is 528 g/mol. The van der Waals surface area contributed by atoms with Crippen molar-refractivity contribution in [2.75, 3.05) is 5.32 Å². The van der Waals surface area contributed by atoms with Crippen molar-refractivity contribution >= 4 is 35.2 Å². The largest absolute Gasteiger partial charge is 0.346 e. The van der Waals surface area contributed by atoms with Gasteiger partial charge in [-0.3, -0.25) is 9.59 Å². The number of halogens is 1. The Morgan fingerprint density at radius 2 is 2.11 bits per heavy atom. The number of aromatic amines is 1. The number of benzene rings is 2. The van der Waals surface area contributed by atoms with Gasteiger partial charge in [0.1, 0.15) is 12.2 Å². The molecular weight excluding hydrogens is 504 g/mol. The molecule has 4 aromatic rings. The zero-order chi connectivity index (χ0) is 26.5. The molecule has 0 saturated heterocycles. The smallest absolute Gasteiger partial charge is 0.244 e. The molecule has 3 heterocycles. The van der Waals surface area contributed by atoms with Gasteiger partial charge in [0.25, 0.3) is 0 Å². The molecule has 2 bridgehead atoms. The molecule has 2 amide bonds. The van der Waals surface area contributed by atoms with Gasteiger partial charge in [0.2, 0.25) is 11.8 Å². The summed E-state index contributed by atoms with van der Waals surface area (Å²) in [5, 5.41) is 17.8. The van der Waals surface area contributed by atoms with E-state index in [1.54, 1.807) is 30.5 Å². The summed E-state index contributed by atoms with van der Waals surface area (Å²) in [7, 11) is 0. The molecule has 1 aliphatic heterocycles. The zero-order valence-electron chi connectivity index (χ0n) is 20.5. The van der Waals surface area contributed by atoms with Gasteiger partial charge in [-0.1, -0.05) is 48.9 Å². The summed E-state index contributed by atoms with van der Waals surface area (Å²) in [5.74, 6) is 0.259. The molecular formula is C27H25ClN8O2. The lowest BCUT2D eigenvalue weighted by Gasteiger charge is -2.14. The summed E-state index contributed by atoms with van der Waals surface area (Å²) in [6.07, 6.45) is 11.1. The van der Waals surface area contributed by atoms with Gasteiger partial charge in [0.15, 0.2) is 0 Å². The topological polar surface area (TPSA) is 130 Å². The van der Waals surface area contributed by atoms with Crippen LogP contribution in [-0.4, -0.2) is 42.0 Å². The van der Waals surface area contributed by atoms with Crippen molar-refractivity contribution in [1.82, 2.24) is 35.5 Å². The fourth-order valence-corrected chi connectivity index (χ4v) is 4.42. The number of hydrogen-bond donors (Lipinski definition) is 3. The van der Waals surface area contributed by atoms with Crippen LogP contribution >= 0.6 is 11.6 Å². The number of aromatic nitrogens is 6. The average molecular weight is 529 g/mol. The fraction of sp³-hybridized carbons (Fsp3) is 0.185. The van der Waals surface area contributed by atoms with Crippen molar-refractivity contribution in [2.24, 2.45) is 5.92 Å². The van der Waals surface area contributed by atoms with Crippen molar-refractivity contribution in [3.8, 4) is 16.9 Å². The van der Waals surface area contributed by atoms with Gasteiger partial charge in [-0.15, -0.1) is 5.10 Å². The highest BCUT2D eigenvalue weighted by atomic mass is 35.5. The predicted octanol–water partition coefficient (Wildman–Crippen LogP) is 4.50. The number of anilines is 1. The first kappa shape index (κ1) is 25.1. The lowest BCUT2D eigenvalue weighted by atomic mass is 10.0. The molecule has 2 aromatic heterocycles. The molecule has 0 saturated carbocycles. The number of carbonyl (C=O) groups excluding carboxylic acids is 2. The maximum atomic E-state index is 13.0. The number of nitrogens with zero attached hydrogens (tertiary/aromatic N) is 5. The lowest BCUT2D eigenvalue weighted by Crippen LogP contribution is -2.27. The molecule has 0 fully saturated rings. The molecule has 0 radical (unpaired) electrons. The minimum absolute atomic E-state index is 0.0259. The maximum absolute atomic E-state index is 13.0. The first-order valence-corrected chi connectivity index (χ1v) is 12.5. The zero-order valence-corrected chi connectivity index (χ0v) is 21.3. The summed E-state index contributed by atoms with van der Waals surface area (Å²) in [5.41, 5.74) is 3.52. The lowest BCUT2D eigenvalue weighted by molar-refractivity contribution is -0.117. The Bertz CT molecular complexity index is 1510. The van der Waals surface area contributed by atoms with Gasteiger partial charge < -0.3 is 15.6 Å². The molecule has 3 N–H and O–H groups in total. The Kier molecular flexibility index (Phi) is 7.41. The number of hydrogen-bond acceptors (Lipinski definition) is 6. The van der Waals surface area contributed by atoms with Crippen LogP contribution in [0.25, 0.3) is 23.0 Å². The van der Waals surface area contributed by atoms with Gasteiger partial charge in [-0.05, 0) is 53.1 Å². The van der Waals surface area contributed by atoms with E-state index in [-0.39, 0.29) is 17.7 Å². The van der Waals surface area contributed by atoms with Crippen molar-refractivity contribution in [2.45, 2.75) is 25.8 Å². The van der Waals surface area contributed by atoms with Crippen molar-refractivity contribution in [3.05, 3.63) is 89.6 Å². The van der Waals surface area contributed by atoms with E-state index in [2.05, 4.69) is 31.1 Å². The third-order valence-electron chi connectivity index (χ3n) is 6.06. The van der Waals surface area contributed by atoms with Crippen LogP contribution in [0.5, 0.6) is 0 Å². The van der Waals surface area contributed by atoms with Crippen molar-refractivity contribution in [3.63, 3.8) is 0 Å². The minimum Gasteiger partial charge on any atom is -0.346 e. The predicted molar refractivity (Wildman–Crippen MR) is 144 cm³/mol. The second-order valence-electron chi connectivity index (χ2n) is 8.96. The molecule has 1 aliphatic rings. The van der Waals surface area contributed by atoms with Crippen LogP contribution in [0.15, 0.2) is 73.2 Å². The van der Waals surface area contributed by atoms with E-state index in [1.807, 2.05) is 43.3 Å². The Morgan fingerprint density at radius 3 is 2.95 bits per heavy atom. The molecule has 38 heavy (non-hydrogen) atoms. The highest BCUT2D eigenvalue weighted by Crippen LogP contribution is 2.29. The molecule has 2 atom stereocenters. The van der Waals surface area contributed by atoms with E-state index in [4.69, 9.17) is 16.6 Å². The molecule has 11 heteroatoms. The Hall–Kier alpha value is -4.57. The Morgan fingerprint density at radius 1 is 1.24 bits per heavy atom. The third-order valence-corrected chi connectivity index (χ3v) is 6.30. The summed E-state index contributed by atoms with van der Waals surface area (Å²) in [4.78, 5) is 33.6. The van der Waals surface area contributed by atoms with Gasteiger partial charge in [0.05, 0.1) is 23.1 Å². The van der Waals surface area contributed by atoms with Crippen LogP contribution < -0.4 is 10.6 Å². The number of para-hydroxylation sites is 1. The van der Waals surface area contributed by atoms with Crippen molar-refractivity contribution in [1.29, 1.82) is 0 Å². The summed E-state index contributed by atoms with van der Waals surface area (Å²) >= 11 is 6.19. The normalized spacial score (nSPS) is 17.7. The number of allylic oxidation sites excluding steroid dienone is 1. The van der Waals surface area contributed by atoms with E-state index in [1.165, 1.54) is 17.1 Å². The molecule has 2 unspecified atom stereocenters. The number of amides is 2. The molecule has 5 rings (SSSR count). The number of nitrogens with one attached hydrogen (secondary N) is 3. The number of imidazole rings is 1. The first-order chi connectivity index (χ1) is 18.5. The van der Waals surface area contributed by atoms with E-state index in [0.717, 1.165) is 5.56 Å². The van der Waals surface area contributed by atoms with Gasteiger partial charge in [-0.25, -0.2) is 4.98 Å². The van der Waals surface area contributed by atoms with E-state index in [9.17, 15) is 9.59 Å². The standard InChI is InChI=1S/C27H25ClN8O2/c1-17-5-4-8-22(27-29-15-23(33-27)20-6-2-3-7-21(20)31-26(38)13-17)32-25(37)12-9-18-14-19(28)10-11-24(18)36-16-30-34-35-36/h2-7,9-12,14-17,22H,8,13H2,1H3,(H,29,33)(H,31,38)(H,32,37). The van der Waals surface area contributed by atoms with Crippen LogP contribution in [0.1, 0.15) is 37.2 Å². The molecule has 0 aliphatic carbocycles. The maximum Gasteiger partial charge on any atom is 0.244 e. The van der Waals surface area contributed by atoms with Crippen LogP contribution in [0.2, 0.25) is 5.02 Å². The van der Waals surface area contributed by atoms with E-state index in [0.29, 0.717) is 46.3 Å².